The summed E-state index contributed by atoms with van der Waals surface area (Å²) in [5.41, 5.74) is 0.829. The summed E-state index contributed by atoms with van der Waals surface area (Å²) in [5.74, 6) is 1.48. The zero-order valence-corrected chi connectivity index (χ0v) is 17.9. The SMILES string of the molecule is COCCC(=O)N[C@H]1C(C)(C)[C@@H]2C[C@@H]3[C@@H](c4cccc(OC)c4O)OCC[C@@]31C2. The molecule has 4 rings (SSSR count). The number of carbonyl (C=O) groups excluding carboxylic acids is 1. The maximum Gasteiger partial charge on any atom is 0.222 e. The van der Waals surface area contributed by atoms with Crippen molar-refractivity contribution in [3.05, 3.63) is 23.8 Å². The smallest absolute Gasteiger partial charge is 0.222 e. The van der Waals surface area contributed by atoms with Crippen LogP contribution in [0.4, 0.5) is 0 Å². The molecule has 2 saturated carbocycles. The maximum atomic E-state index is 12.6. The van der Waals surface area contributed by atoms with Crippen LogP contribution < -0.4 is 10.1 Å². The van der Waals surface area contributed by atoms with E-state index >= 15 is 0 Å². The minimum absolute atomic E-state index is 0.00463. The zero-order valence-electron chi connectivity index (χ0n) is 17.9. The Morgan fingerprint density at radius 1 is 1.34 bits per heavy atom. The van der Waals surface area contributed by atoms with Gasteiger partial charge in [0, 0.05) is 31.7 Å². The third kappa shape index (κ3) is 3.12. The Morgan fingerprint density at radius 2 is 2.14 bits per heavy atom. The highest BCUT2D eigenvalue weighted by molar-refractivity contribution is 5.76. The number of hydrogen-bond donors (Lipinski definition) is 2. The fraction of sp³-hybridized carbons (Fsp3) is 0.696. The predicted octanol–water partition coefficient (Wildman–Crippen LogP) is 3.44. The van der Waals surface area contributed by atoms with Crippen molar-refractivity contribution in [2.24, 2.45) is 22.7 Å². The van der Waals surface area contributed by atoms with Gasteiger partial charge in [-0.3, -0.25) is 4.79 Å². The molecular formula is C23H33NO5. The molecule has 1 aliphatic heterocycles. The molecule has 0 unspecified atom stereocenters. The summed E-state index contributed by atoms with van der Waals surface area (Å²) in [4.78, 5) is 12.6. The number of carbonyl (C=O) groups is 1. The molecule has 6 nitrogen and oxygen atoms in total. The van der Waals surface area contributed by atoms with Crippen LogP contribution in [-0.4, -0.2) is 44.5 Å². The first-order valence-electron chi connectivity index (χ1n) is 10.6. The van der Waals surface area contributed by atoms with Crippen LogP contribution in [0.2, 0.25) is 0 Å². The monoisotopic (exact) mass is 403 g/mol. The third-order valence-corrected chi connectivity index (χ3v) is 7.90. The number of fused-ring (bicyclic) bond motifs is 1. The zero-order chi connectivity index (χ0) is 20.8. The van der Waals surface area contributed by atoms with E-state index in [9.17, 15) is 9.90 Å². The summed E-state index contributed by atoms with van der Waals surface area (Å²) < 4.78 is 16.6. The highest BCUT2D eigenvalue weighted by Gasteiger charge is 2.68. The van der Waals surface area contributed by atoms with Gasteiger partial charge in [-0.15, -0.1) is 0 Å². The van der Waals surface area contributed by atoms with Crippen molar-refractivity contribution in [2.45, 2.75) is 51.7 Å². The topological polar surface area (TPSA) is 77.0 Å². The van der Waals surface area contributed by atoms with E-state index in [1.165, 1.54) is 0 Å². The third-order valence-electron chi connectivity index (χ3n) is 7.90. The fourth-order valence-corrected chi connectivity index (χ4v) is 6.46. The summed E-state index contributed by atoms with van der Waals surface area (Å²) in [5, 5.41) is 14.1. The molecule has 1 aromatic rings. The van der Waals surface area contributed by atoms with Gasteiger partial charge < -0.3 is 24.6 Å². The number of benzene rings is 1. The molecule has 0 aromatic heterocycles. The van der Waals surface area contributed by atoms with Crippen LogP contribution in [0, 0.1) is 22.7 Å². The summed E-state index contributed by atoms with van der Waals surface area (Å²) in [6, 6.07) is 5.70. The lowest BCUT2D eigenvalue weighted by Crippen LogP contribution is -2.59. The lowest BCUT2D eigenvalue weighted by Gasteiger charge is -2.53. The van der Waals surface area contributed by atoms with E-state index in [2.05, 4.69) is 19.2 Å². The molecule has 3 aliphatic rings. The number of ether oxygens (including phenoxy) is 3. The minimum Gasteiger partial charge on any atom is -0.504 e. The Bertz CT molecular complexity index is 779. The molecule has 29 heavy (non-hydrogen) atoms. The van der Waals surface area contributed by atoms with Crippen LogP contribution in [0.3, 0.4) is 0 Å². The number of aromatic hydroxyl groups is 1. The first kappa shape index (κ1) is 20.5. The number of methoxy groups -OCH3 is 2. The fourth-order valence-electron chi connectivity index (χ4n) is 6.46. The maximum absolute atomic E-state index is 12.6. The van der Waals surface area contributed by atoms with E-state index in [1.54, 1.807) is 20.3 Å². The largest absolute Gasteiger partial charge is 0.504 e. The minimum atomic E-state index is -0.182. The highest BCUT2D eigenvalue weighted by atomic mass is 16.5. The van der Waals surface area contributed by atoms with Crippen LogP contribution in [0.25, 0.3) is 0 Å². The van der Waals surface area contributed by atoms with E-state index in [0.29, 0.717) is 31.3 Å². The molecule has 2 bridgehead atoms. The Kier molecular flexibility index (Phi) is 5.28. The van der Waals surface area contributed by atoms with Crippen molar-refractivity contribution in [3.8, 4) is 11.5 Å². The number of phenols is 1. The van der Waals surface area contributed by atoms with E-state index in [1.807, 2.05) is 12.1 Å². The molecule has 1 spiro atoms. The molecule has 1 saturated heterocycles. The molecule has 6 heteroatoms. The van der Waals surface area contributed by atoms with Gasteiger partial charge in [0.15, 0.2) is 11.5 Å². The van der Waals surface area contributed by atoms with Crippen molar-refractivity contribution in [1.29, 1.82) is 0 Å². The summed E-state index contributed by atoms with van der Waals surface area (Å²) in [6.07, 6.45) is 3.29. The van der Waals surface area contributed by atoms with E-state index in [0.717, 1.165) is 24.8 Å². The number of para-hydroxylation sites is 1. The molecule has 1 amide bonds. The van der Waals surface area contributed by atoms with Gasteiger partial charge in [0.1, 0.15) is 0 Å². The second-order valence-corrected chi connectivity index (χ2v) is 9.48. The van der Waals surface area contributed by atoms with Gasteiger partial charge in [0.2, 0.25) is 5.91 Å². The molecule has 0 radical (unpaired) electrons. The Labute approximate surface area is 172 Å². The quantitative estimate of drug-likeness (QED) is 0.761. The van der Waals surface area contributed by atoms with Gasteiger partial charge in [-0.05, 0) is 48.0 Å². The number of rotatable bonds is 6. The summed E-state index contributed by atoms with van der Waals surface area (Å²) in [6.45, 7) is 5.64. The lowest BCUT2D eigenvalue weighted by atomic mass is 9.58. The van der Waals surface area contributed by atoms with Crippen LogP contribution >= 0.6 is 0 Å². The summed E-state index contributed by atoms with van der Waals surface area (Å²) >= 11 is 0. The van der Waals surface area contributed by atoms with Gasteiger partial charge in [-0.2, -0.15) is 0 Å². The van der Waals surface area contributed by atoms with Crippen molar-refractivity contribution >= 4 is 5.91 Å². The molecule has 2 N–H and O–H groups in total. The normalized spacial score (nSPS) is 34.6. The van der Waals surface area contributed by atoms with Crippen LogP contribution in [-0.2, 0) is 14.3 Å². The molecule has 3 fully saturated rings. The van der Waals surface area contributed by atoms with Crippen LogP contribution in [0.1, 0.15) is 51.2 Å². The van der Waals surface area contributed by atoms with Crippen molar-refractivity contribution in [2.75, 3.05) is 27.4 Å². The van der Waals surface area contributed by atoms with Gasteiger partial charge in [-0.1, -0.05) is 26.0 Å². The van der Waals surface area contributed by atoms with E-state index < -0.39 is 0 Å². The lowest BCUT2D eigenvalue weighted by molar-refractivity contribution is -0.138. The van der Waals surface area contributed by atoms with Gasteiger partial charge in [0.25, 0.3) is 0 Å². The average Bonchev–Trinajstić information content (AvgIpc) is 3.19. The molecule has 2 aliphatic carbocycles. The second kappa shape index (κ2) is 7.47. The number of amides is 1. The molecule has 160 valence electrons. The van der Waals surface area contributed by atoms with Crippen molar-refractivity contribution in [3.63, 3.8) is 0 Å². The second-order valence-electron chi connectivity index (χ2n) is 9.48. The molecule has 1 aromatic carbocycles. The Morgan fingerprint density at radius 3 is 2.86 bits per heavy atom. The number of nitrogens with one attached hydrogen (secondary N) is 1. The first-order chi connectivity index (χ1) is 13.8. The van der Waals surface area contributed by atoms with Gasteiger partial charge in [0.05, 0.1) is 19.8 Å². The highest BCUT2D eigenvalue weighted by Crippen LogP contribution is 2.70. The van der Waals surface area contributed by atoms with Crippen LogP contribution in [0.5, 0.6) is 11.5 Å². The molecule has 5 atom stereocenters. The van der Waals surface area contributed by atoms with Gasteiger partial charge in [-0.25, -0.2) is 0 Å². The first-order valence-corrected chi connectivity index (χ1v) is 10.6. The van der Waals surface area contributed by atoms with E-state index in [4.69, 9.17) is 14.2 Å². The van der Waals surface area contributed by atoms with Crippen molar-refractivity contribution in [1.82, 2.24) is 5.32 Å². The number of phenolic OH excluding ortho intramolecular Hbond substituents is 1. The Hall–Kier alpha value is -1.79. The molecular weight excluding hydrogens is 370 g/mol. The van der Waals surface area contributed by atoms with E-state index in [-0.39, 0.29) is 40.6 Å². The van der Waals surface area contributed by atoms with Crippen LogP contribution in [0.15, 0.2) is 18.2 Å². The van der Waals surface area contributed by atoms with Gasteiger partial charge >= 0.3 is 0 Å². The van der Waals surface area contributed by atoms with Crippen molar-refractivity contribution < 1.29 is 24.1 Å². The average molecular weight is 404 g/mol. The standard InChI is InChI=1S/C23H33NO5/c1-22(2)14-12-16-20(15-6-5-7-17(28-4)19(15)26)29-11-9-23(16,13-14)21(22)24-18(25)8-10-27-3/h5-7,14,16,20-21,26H,8-13H2,1-4H3,(H,24,25)/t14-,16-,20-,21+,23-/m1/s1. The number of hydrogen-bond acceptors (Lipinski definition) is 5. The Balaban J connectivity index is 1.66. The summed E-state index contributed by atoms with van der Waals surface area (Å²) in [7, 11) is 3.18. The predicted molar refractivity (Wildman–Crippen MR) is 109 cm³/mol. The molecule has 1 heterocycles.